The fourth-order valence-corrected chi connectivity index (χ4v) is 1.58. The first kappa shape index (κ1) is 22.7. The molecule has 24 heavy (non-hydrogen) atoms. The zero-order valence-corrected chi connectivity index (χ0v) is 14.1. The van der Waals surface area contributed by atoms with Crippen molar-refractivity contribution in [3.8, 4) is 0 Å². The first-order chi connectivity index (χ1) is 11.6. The van der Waals surface area contributed by atoms with Gasteiger partial charge < -0.3 is 33.9 Å². The van der Waals surface area contributed by atoms with Crippen LogP contribution in [0.25, 0.3) is 0 Å². The second kappa shape index (κ2) is 16.6. The van der Waals surface area contributed by atoms with Gasteiger partial charge >= 0.3 is 11.9 Å². The summed E-state index contributed by atoms with van der Waals surface area (Å²) in [6, 6.07) is 0. The summed E-state index contributed by atoms with van der Waals surface area (Å²) < 4.78 is 25.8. The van der Waals surface area contributed by atoms with Gasteiger partial charge in [-0.15, -0.1) is 0 Å². The van der Waals surface area contributed by atoms with Gasteiger partial charge in [0.1, 0.15) is 6.61 Å². The van der Waals surface area contributed by atoms with Crippen LogP contribution < -0.4 is 0 Å². The maximum Gasteiger partial charge on any atom is 0.306 e. The molecule has 0 rings (SSSR count). The average molecular weight is 352 g/mol. The minimum Gasteiger partial charge on any atom is -0.481 e. The summed E-state index contributed by atoms with van der Waals surface area (Å²) in [5, 5.41) is 17.0. The highest BCUT2D eigenvalue weighted by molar-refractivity contribution is 5.76. The van der Waals surface area contributed by atoms with Gasteiger partial charge in [-0.1, -0.05) is 0 Å². The normalized spacial score (nSPS) is 12.1. The number of aliphatic hydroxyl groups excluding tert-OH is 1. The van der Waals surface area contributed by atoms with Crippen LogP contribution in [-0.2, 0) is 33.3 Å². The number of hydrogen-bond donors (Lipinski definition) is 2. The second-order valence-electron chi connectivity index (χ2n) is 4.78. The Labute approximate surface area is 141 Å². The molecule has 0 radical (unpaired) electrons. The van der Waals surface area contributed by atoms with Crippen LogP contribution >= 0.6 is 0 Å². The molecule has 0 aromatic heterocycles. The van der Waals surface area contributed by atoms with E-state index >= 15 is 0 Å². The summed E-state index contributed by atoms with van der Waals surface area (Å²) in [5.41, 5.74) is 0. The van der Waals surface area contributed by atoms with Crippen molar-refractivity contribution in [2.75, 3.05) is 60.0 Å². The largest absolute Gasteiger partial charge is 0.481 e. The molecule has 0 aliphatic rings. The molecule has 0 aromatic rings. The predicted octanol–water partition coefficient (Wildman–Crippen LogP) is -0.158. The number of aliphatic hydroxyl groups is 1. The number of carbonyl (C=O) groups is 2. The van der Waals surface area contributed by atoms with Crippen molar-refractivity contribution >= 4 is 11.9 Å². The molecule has 2 N–H and O–H groups in total. The number of carboxylic acids is 1. The van der Waals surface area contributed by atoms with E-state index in [1.807, 2.05) is 0 Å². The monoisotopic (exact) mass is 352 g/mol. The molecule has 0 aliphatic carbocycles. The van der Waals surface area contributed by atoms with Crippen molar-refractivity contribution in [2.24, 2.45) is 0 Å². The van der Waals surface area contributed by atoms with Gasteiger partial charge in [-0.3, -0.25) is 9.59 Å². The molecule has 1 unspecified atom stereocenters. The van der Waals surface area contributed by atoms with Crippen molar-refractivity contribution in [1.29, 1.82) is 0 Å². The van der Waals surface area contributed by atoms with E-state index in [9.17, 15) is 9.59 Å². The Hall–Kier alpha value is -1.26. The maximum atomic E-state index is 11.2. The zero-order valence-electron chi connectivity index (χ0n) is 14.1. The van der Waals surface area contributed by atoms with Crippen LogP contribution in [0.3, 0.4) is 0 Å². The lowest BCUT2D eigenvalue weighted by Gasteiger charge is -2.15. The number of aliphatic carboxylic acids is 1. The van der Waals surface area contributed by atoms with E-state index in [-0.39, 0.29) is 38.8 Å². The molecule has 0 fully saturated rings. The Morgan fingerprint density at radius 3 is 2.21 bits per heavy atom. The van der Waals surface area contributed by atoms with Crippen LogP contribution in [0, 0.1) is 0 Å². The number of esters is 1. The molecule has 0 amide bonds. The van der Waals surface area contributed by atoms with Gasteiger partial charge in [0.15, 0.2) is 0 Å². The van der Waals surface area contributed by atoms with Gasteiger partial charge in [0, 0.05) is 13.7 Å². The van der Waals surface area contributed by atoms with Gasteiger partial charge in [0.05, 0.1) is 58.6 Å². The van der Waals surface area contributed by atoms with Gasteiger partial charge in [0.25, 0.3) is 0 Å². The van der Waals surface area contributed by atoms with Crippen LogP contribution in [-0.4, -0.2) is 88.2 Å². The number of methoxy groups -OCH3 is 1. The lowest BCUT2D eigenvalue weighted by atomic mass is 10.3. The topological polar surface area (TPSA) is 121 Å². The molecular formula is C15H28O9. The van der Waals surface area contributed by atoms with Crippen LogP contribution in [0.4, 0.5) is 0 Å². The molecule has 0 bridgehead atoms. The molecule has 0 aliphatic heterocycles. The Balaban J connectivity index is 3.48. The maximum absolute atomic E-state index is 11.2. The first-order valence-corrected chi connectivity index (χ1v) is 7.84. The van der Waals surface area contributed by atoms with Gasteiger partial charge in [-0.2, -0.15) is 0 Å². The van der Waals surface area contributed by atoms with Crippen LogP contribution in [0.15, 0.2) is 0 Å². The number of rotatable bonds is 17. The Bertz CT molecular complexity index is 322. The van der Waals surface area contributed by atoms with E-state index in [4.69, 9.17) is 33.9 Å². The highest BCUT2D eigenvalue weighted by atomic mass is 16.6. The summed E-state index contributed by atoms with van der Waals surface area (Å²) in [6.45, 7) is 2.31. The van der Waals surface area contributed by atoms with Crippen molar-refractivity contribution in [3.63, 3.8) is 0 Å². The standard InChI is InChI=1S/C15H28O9/c1-20-13(4-6-21-8-9-22-7-5-16)12-23-10-11-24-15(19)3-2-14(17)18/h13,16H,2-12H2,1H3,(H,17,18). The molecule has 0 saturated carbocycles. The number of ether oxygens (including phenoxy) is 5. The smallest absolute Gasteiger partial charge is 0.306 e. The minimum absolute atomic E-state index is 0.00203. The molecule has 0 aromatic carbocycles. The fourth-order valence-electron chi connectivity index (χ4n) is 1.58. The fraction of sp³-hybridized carbons (Fsp3) is 0.867. The quantitative estimate of drug-likeness (QED) is 0.272. The van der Waals surface area contributed by atoms with E-state index in [1.54, 1.807) is 7.11 Å². The average Bonchev–Trinajstić information content (AvgIpc) is 2.57. The molecule has 0 heterocycles. The third-order valence-electron chi connectivity index (χ3n) is 2.86. The minimum atomic E-state index is -1.03. The second-order valence-corrected chi connectivity index (χ2v) is 4.78. The van der Waals surface area contributed by atoms with Gasteiger partial charge in [0.2, 0.25) is 0 Å². The van der Waals surface area contributed by atoms with Crippen molar-refractivity contribution in [3.05, 3.63) is 0 Å². The highest BCUT2D eigenvalue weighted by Gasteiger charge is 2.09. The van der Waals surface area contributed by atoms with Gasteiger partial charge in [-0.25, -0.2) is 0 Å². The van der Waals surface area contributed by atoms with Crippen molar-refractivity contribution in [2.45, 2.75) is 25.4 Å². The molecule has 0 spiro atoms. The Kier molecular flexibility index (Phi) is 15.7. The molecule has 142 valence electrons. The highest BCUT2D eigenvalue weighted by Crippen LogP contribution is 1.99. The lowest BCUT2D eigenvalue weighted by molar-refractivity contribution is -0.149. The molecule has 1 atom stereocenters. The van der Waals surface area contributed by atoms with E-state index in [2.05, 4.69) is 0 Å². The third kappa shape index (κ3) is 15.6. The summed E-state index contributed by atoms with van der Waals surface area (Å²) in [7, 11) is 1.57. The van der Waals surface area contributed by atoms with E-state index < -0.39 is 11.9 Å². The third-order valence-corrected chi connectivity index (χ3v) is 2.86. The summed E-state index contributed by atoms with van der Waals surface area (Å²) in [4.78, 5) is 21.5. The first-order valence-electron chi connectivity index (χ1n) is 7.84. The van der Waals surface area contributed by atoms with Crippen LogP contribution in [0.2, 0.25) is 0 Å². The number of carboxylic acid groups (broad SMARTS) is 1. The van der Waals surface area contributed by atoms with E-state index in [0.29, 0.717) is 39.5 Å². The Morgan fingerprint density at radius 2 is 1.58 bits per heavy atom. The predicted molar refractivity (Wildman–Crippen MR) is 82.8 cm³/mol. The summed E-state index contributed by atoms with van der Waals surface area (Å²) in [6.07, 6.45) is 0.131. The Morgan fingerprint density at radius 1 is 0.917 bits per heavy atom. The molecule has 0 saturated heterocycles. The van der Waals surface area contributed by atoms with Crippen molar-refractivity contribution in [1.82, 2.24) is 0 Å². The van der Waals surface area contributed by atoms with E-state index in [1.165, 1.54) is 0 Å². The van der Waals surface area contributed by atoms with E-state index in [0.717, 1.165) is 0 Å². The van der Waals surface area contributed by atoms with Gasteiger partial charge in [-0.05, 0) is 6.42 Å². The lowest BCUT2D eigenvalue weighted by Crippen LogP contribution is -2.22. The summed E-state index contributed by atoms with van der Waals surface area (Å²) in [5.74, 6) is -1.59. The molecule has 9 nitrogen and oxygen atoms in total. The van der Waals surface area contributed by atoms with Crippen LogP contribution in [0.5, 0.6) is 0 Å². The van der Waals surface area contributed by atoms with Crippen molar-refractivity contribution < 1.29 is 43.5 Å². The SMILES string of the molecule is COC(CCOCCOCCO)COCCOC(=O)CCC(=O)O. The molecular weight excluding hydrogens is 324 g/mol. The number of hydrogen-bond acceptors (Lipinski definition) is 8. The summed E-state index contributed by atoms with van der Waals surface area (Å²) >= 11 is 0. The molecule has 9 heteroatoms. The number of carbonyl (C=O) groups excluding carboxylic acids is 1. The zero-order chi connectivity index (χ0) is 18.0. The van der Waals surface area contributed by atoms with Crippen LogP contribution in [0.1, 0.15) is 19.3 Å².